The van der Waals surface area contributed by atoms with Crippen molar-refractivity contribution in [2.24, 2.45) is 0 Å². The predicted molar refractivity (Wildman–Crippen MR) is 163 cm³/mol. The average Bonchev–Trinajstić information content (AvgIpc) is 3.65. The van der Waals surface area contributed by atoms with Crippen molar-refractivity contribution < 1.29 is 24.2 Å². The second-order valence-corrected chi connectivity index (χ2v) is 13.1. The van der Waals surface area contributed by atoms with Crippen LogP contribution in [0.5, 0.6) is 0 Å². The number of piperazine rings is 1. The van der Waals surface area contributed by atoms with Crippen molar-refractivity contribution in [1.29, 1.82) is 0 Å². The fourth-order valence-corrected chi connectivity index (χ4v) is 7.97. The molecule has 2 aliphatic rings. The number of hydrogen-bond donors (Lipinski definition) is 2. The van der Waals surface area contributed by atoms with E-state index in [9.17, 15) is 14.7 Å². The Kier molecular flexibility index (Phi) is 10.3. The third-order valence-electron chi connectivity index (χ3n) is 8.10. The number of nitrogens with zero attached hydrogens (tertiary/aromatic N) is 4. The zero-order valence-electron chi connectivity index (χ0n) is 24.2. The van der Waals surface area contributed by atoms with Gasteiger partial charge >= 0.3 is 5.97 Å². The summed E-state index contributed by atoms with van der Waals surface area (Å²) in [5.74, 6) is 0.390. The monoisotopic (exact) mass is 613 g/mol. The first-order valence-electron chi connectivity index (χ1n) is 14.4. The van der Waals surface area contributed by atoms with Gasteiger partial charge in [0.15, 0.2) is 5.69 Å². The van der Waals surface area contributed by atoms with Crippen LogP contribution in [-0.2, 0) is 20.7 Å². The number of amides is 1. The number of methoxy groups -OCH3 is 2. The molecule has 3 atom stereocenters. The lowest BCUT2D eigenvalue weighted by Gasteiger charge is -2.41. The summed E-state index contributed by atoms with van der Waals surface area (Å²) in [6.07, 6.45) is 6.04. The van der Waals surface area contributed by atoms with E-state index in [1.165, 1.54) is 18.4 Å². The first kappa shape index (κ1) is 30.7. The molecule has 1 aliphatic carbocycles. The molecule has 2 N–H and O–H groups in total. The summed E-state index contributed by atoms with van der Waals surface area (Å²) in [5, 5.41) is 17.0. The van der Waals surface area contributed by atoms with E-state index >= 15 is 0 Å². The molecule has 0 bridgehead atoms. The minimum atomic E-state index is -1.03. The van der Waals surface area contributed by atoms with Crippen LogP contribution in [0.3, 0.4) is 0 Å². The van der Waals surface area contributed by atoms with Gasteiger partial charge in [0.25, 0.3) is 5.91 Å². The van der Waals surface area contributed by atoms with E-state index in [4.69, 9.17) is 14.5 Å². The lowest BCUT2D eigenvalue weighted by molar-refractivity contribution is -0.139. The van der Waals surface area contributed by atoms with Crippen LogP contribution in [0.15, 0.2) is 46.4 Å². The molecule has 2 aromatic heterocycles. The smallest absolute Gasteiger partial charge is 0.311 e. The number of esters is 1. The topological polar surface area (TPSA) is 119 Å². The molecule has 1 amide bonds. The number of carbonyl (C=O) groups is 2. The van der Waals surface area contributed by atoms with E-state index in [0.717, 1.165) is 53.6 Å². The van der Waals surface area contributed by atoms with Crippen molar-refractivity contribution in [2.75, 3.05) is 46.2 Å². The van der Waals surface area contributed by atoms with Gasteiger partial charge in [-0.1, -0.05) is 54.9 Å². The number of aromatic nitrogens is 3. The molecule has 1 aliphatic heterocycles. The van der Waals surface area contributed by atoms with Gasteiger partial charge < -0.3 is 29.4 Å². The lowest BCUT2D eigenvalue weighted by Crippen LogP contribution is -2.54. The highest BCUT2D eigenvalue weighted by molar-refractivity contribution is 8.01. The number of aliphatic hydroxyl groups is 1. The SMILES string of the molecule is COC[C@]1(O)CCCC[C@H]1n1cnc(C(=O)N2CCNC[C@H]2CCSc2nc(CC(=O)OC)cs2)c1-c1ccccc1. The molecule has 0 unspecified atom stereocenters. The van der Waals surface area contributed by atoms with Gasteiger partial charge in [-0.05, 0) is 19.3 Å². The Morgan fingerprint density at radius 3 is 2.86 bits per heavy atom. The Morgan fingerprint density at radius 1 is 1.24 bits per heavy atom. The summed E-state index contributed by atoms with van der Waals surface area (Å²) in [6.45, 7) is 2.24. The third-order valence-corrected chi connectivity index (χ3v) is 10.2. The molecule has 226 valence electrons. The van der Waals surface area contributed by atoms with E-state index < -0.39 is 5.60 Å². The molecule has 42 heavy (non-hydrogen) atoms. The van der Waals surface area contributed by atoms with Gasteiger partial charge in [0.2, 0.25) is 0 Å². The Balaban J connectivity index is 1.36. The molecule has 1 aromatic carbocycles. The summed E-state index contributed by atoms with van der Waals surface area (Å²) in [6, 6.07) is 9.63. The van der Waals surface area contributed by atoms with Gasteiger partial charge in [-0.25, -0.2) is 9.97 Å². The van der Waals surface area contributed by atoms with Gasteiger partial charge in [0.05, 0.1) is 43.9 Å². The van der Waals surface area contributed by atoms with Gasteiger partial charge in [-0.3, -0.25) is 9.59 Å². The number of hydrogen-bond acceptors (Lipinski definition) is 10. The van der Waals surface area contributed by atoms with Gasteiger partial charge in [-0.2, -0.15) is 0 Å². The summed E-state index contributed by atoms with van der Waals surface area (Å²) in [5.41, 5.74) is 1.74. The molecular formula is C30H39N5O5S2. The molecule has 2 fully saturated rings. The summed E-state index contributed by atoms with van der Waals surface area (Å²) in [7, 11) is 2.99. The minimum Gasteiger partial charge on any atom is -0.469 e. The predicted octanol–water partition coefficient (Wildman–Crippen LogP) is 3.81. The fourth-order valence-electron chi connectivity index (χ4n) is 6.02. The second-order valence-electron chi connectivity index (χ2n) is 10.9. The highest BCUT2D eigenvalue weighted by Gasteiger charge is 2.42. The van der Waals surface area contributed by atoms with E-state index in [1.54, 1.807) is 25.2 Å². The number of thioether (sulfide) groups is 1. The Hall–Kier alpha value is -2.77. The number of thiazole rings is 1. The fraction of sp³-hybridized carbons (Fsp3) is 0.533. The van der Waals surface area contributed by atoms with Crippen molar-refractivity contribution in [3.05, 3.63) is 53.4 Å². The molecule has 3 heterocycles. The van der Waals surface area contributed by atoms with E-state index in [0.29, 0.717) is 30.9 Å². The molecule has 12 heteroatoms. The standard InChI is InChI=1S/C30H39N5O5S2/c1-39-19-30(38)12-7-6-10-24(30)35-20-32-26(27(35)21-8-4-3-5-9-21)28(37)34-14-13-31-17-23(34)11-15-41-29-33-22(18-42-29)16-25(36)40-2/h3-5,8-9,18,20,23-24,31,38H,6-7,10-17,19H2,1-2H3/t23-,24-,30-/m1/s1. The molecule has 5 rings (SSSR count). The van der Waals surface area contributed by atoms with Gasteiger partial charge in [-0.15, -0.1) is 11.3 Å². The van der Waals surface area contributed by atoms with Crippen LogP contribution in [0.25, 0.3) is 11.3 Å². The number of ether oxygens (including phenoxy) is 2. The summed E-state index contributed by atoms with van der Waals surface area (Å²) >= 11 is 3.15. The maximum atomic E-state index is 14.2. The van der Waals surface area contributed by atoms with Gasteiger partial charge in [0, 0.05) is 49.5 Å². The molecule has 1 saturated carbocycles. The molecule has 1 saturated heterocycles. The second kappa shape index (κ2) is 14.1. The van der Waals surface area contributed by atoms with E-state index in [-0.39, 0.29) is 37.0 Å². The lowest BCUT2D eigenvalue weighted by atomic mass is 9.80. The number of imidazole rings is 1. The van der Waals surface area contributed by atoms with Crippen LogP contribution in [0.4, 0.5) is 0 Å². The molecule has 0 spiro atoms. The summed E-state index contributed by atoms with van der Waals surface area (Å²) in [4.78, 5) is 37.0. The van der Waals surface area contributed by atoms with Crippen LogP contribution in [0.1, 0.15) is 54.3 Å². The van der Waals surface area contributed by atoms with Crippen LogP contribution in [0.2, 0.25) is 0 Å². The van der Waals surface area contributed by atoms with Crippen LogP contribution < -0.4 is 5.32 Å². The summed E-state index contributed by atoms with van der Waals surface area (Å²) < 4.78 is 13.1. The van der Waals surface area contributed by atoms with Crippen LogP contribution >= 0.6 is 23.1 Å². The van der Waals surface area contributed by atoms with E-state index in [2.05, 4.69) is 10.3 Å². The van der Waals surface area contributed by atoms with Gasteiger partial charge in [0.1, 0.15) is 9.94 Å². The minimum absolute atomic E-state index is 0.00197. The maximum Gasteiger partial charge on any atom is 0.311 e. The first-order chi connectivity index (χ1) is 20.4. The van der Waals surface area contributed by atoms with Crippen molar-refractivity contribution in [3.8, 4) is 11.3 Å². The first-order valence-corrected chi connectivity index (χ1v) is 16.3. The number of rotatable bonds is 11. The zero-order valence-corrected chi connectivity index (χ0v) is 25.8. The molecule has 3 aromatic rings. The molecule has 0 radical (unpaired) electrons. The third kappa shape index (κ3) is 6.89. The average molecular weight is 614 g/mol. The maximum absolute atomic E-state index is 14.2. The quantitative estimate of drug-likeness (QED) is 0.246. The zero-order chi connectivity index (χ0) is 29.5. The van der Waals surface area contributed by atoms with Crippen LogP contribution in [0, 0.1) is 0 Å². The number of carbonyl (C=O) groups excluding carboxylic acids is 2. The van der Waals surface area contributed by atoms with E-state index in [1.807, 2.05) is 45.2 Å². The Labute approximate surface area is 254 Å². The number of benzene rings is 1. The normalized spacial score (nSPS) is 22.7. The Morgan fingerprint density at radius 2 is 2.07 bits per heavy atom. The molecular weight excluding hydrogens is 574 g/mol. The van der Waals surface area contributed by atoms with Crippen LogP contribution in [-0.4, -0.2) is 94.3 Å². The number of nitrogens with one attached hydrogen (secondary N) is 1. The van der Waals surface area contributed by atoms with Crippen molar-refractivity contribution in [2.45, 2.75) is 60.5 Å². The Bertz CT molecular complexity index is 1340. The van der Waals surface area contributed by atoms with Crippen molar-refractivity contribution in [1.82, 2.24) is 24.8 Å². The molecule has 10 nitrogen and oxygen atoms in total. The van der Waals surface area contributed by atoms with Crippen molar-refractivity contribution in [3.63, 3.8) is 0 Å². The van der Waals surface area contributed by atoms with Crippen molar-refractivity contribution >= 4 is 35.0 Å². The highest BCUT2D eigenvalue weighted by atomic mass is 32.2. The highest BCUT2D eigenvalue weighted by Crippen LogP contribution is 2.41. The largest absolute Gasteiger partial charge is 0.469 e.